The van der Waals surface area contributed by atoms with Crippen molar-refractivity contribution in [2.75, 3.05) is 19.6 Å². The van der Waals surface area contributed by atoms with E-state index in [1.54, 1.807) is 0 Å². The Morgan fingerprint density at radius 3 is 0.578 bits per heavy atom. The molecule has 0 bridgehead atoms. The zero-order valence-corrected chi connectivity index (χ0v) is 74.4. The zero-order chi connectivity index (χ0) is 81.8. The molecule has 12 aromatic carbocycles. The molecule has 4 aliphatic carbocycles. The Balaban J connectivity index is 0.903. The molecule has 8 unspecified atom stereocenters. The van der Waals surface area contributed by atoms with Gasteiger partial charge in [0.05, 0.1) is 22.2 Å². The second kappa shape index (κ2) is 23.4. The van der Waals surface area contributed by atoms with Gasteiger partial charge < -0.3 is 19.6 Å². The lowest BCUT2D eigenvalue weighted by Gasteiger charge is -2.62. The predicted molar refractivity (Wildman–Crippen MR) is 496 cm³/mol. The van der Waals surface area contributed by atoms with Gasteiger partial charge in [0.15, 0.2) is 0 Å². The maximum absolute atomic E-state index is 2.78. The summed E-state index contributed by atoms with van der Waals surface area (Å²) in [6, 6.07) is 92.4. The summed E-state index contributed by atoms with van der Waals surface area (Å²) in [6.45, 7) is 62.1. The Morgan fingerprint density at radius 1 is 0.198 bits per heavy atom. The van der Waals surface area contributed by atoms with E-state index in [1.807, 2.05) is 0 Å². The van der Waals surface area contributed by atoms with Crippen LogP contribution in [0.3, 0.4) is 0 Å². The first-order valence-electron chi connectivity index (χ1n) is 44.2. The van der Waals surface area contributed by atoms with E-state index in [4.69, 9.17) is 0 Å². The van der Waals surface area contributed by atoms with Crippen LogP contribution in [0.25, 0.3) is 76.8 Å². The van der Waals surface area contributed by atoms with E-state index in [0.29, 0.717) is 0 Å². The summed E-state index contributed by atoms with van der Waals surface area (Å²) in [5, 5.41) is 7.90. The van der Waals surface area contributed by atoms with Gasteiger partial charge in [0.1, 0.15) is 0 Å². The Bertz CT molecular complexity index is 5360. The lowest BCUT2D eigenvalue weighted by atomic mass is 9.45. The first kappa shape index (κ1) is 75.6. The molecule has 0 radical (unpaired) electrons. The molecular formula is C112H126N4. The van der Waals surface area contributed by atoms with Gasteiger partial charge in [-0.3, -0.25) is 0 Å². The topological polar surface area (TPSA) is 13.0 Å². The standard InChI is InChI=1S/C112H126N4/c1-97(2)63-101(9,10)109(21)87-57-71(45-53-91(87)113(105(109,17)67-97)75-37-29-25-30-38-75)83-61-84(72-46-54-92-88(58-72)110(22)102(11,12)64-98(3,4)68-106(110,18)114(92)76-39-31-26-32-40-76)80-51-52-82-86(74-48-56-94-90(60-74)112(24)104(15,16)66-100(7,8)70-108(112,20)116(94)78-43-35-28-36-44-78)62-85(81-50-49-79(83)95(80)96(81)82)73-47-55-93-89(59-73)111(23)103(13,14)65-99(5,6)69-107(111,19)115(93)77-41-33-27-34-42-77/h25-62H,63-70H2,1-24H3. The van der Waals surface area contributed by atoms with E-state index in [1.165, 1.54) is 145 Å². The number of fused-ring (bicyclic) bond motifs is 12. The van der Waals surface area contributed by atoms with Gasteiger partial charge in [0.2, 0.25) is 0 Å². The smallest absolute Gasteiger partial charge is 0.0528 e. The maximum atomic E-state index is 2.78. The van der Waals surface area contributed by atoms with Crippen molar-refractivity contribution in [2.45, 2.75) is 261 Å². The molecule has 4 aliphatic heterocycles. The van der Waals surface area contributed by atoms with Gasteiger partial charge in [-0.25, -0.2) is 0 Å². The molecule has 116 heavy (non-hydrogen) atoms. The molecule has 4 nitrogen and oxygen atoms in total. The minimum absolute atomic E-state index is 0.0562. The average molecular weight is 1530 g/mol. The van der Waals surface area contributed by atoms with Crippen LogP contribution in [0, 0.1) is 43.3 Å². The van der Waals surface area contributed by atoms with E-state index in [2.05, 4.69) is 416 Å². The summed E-state index contributed by atoms with van der Waals surface area (Å²) in [6.07, 6.45) is 8.83. The summed E-state index contributed by atoms with van der Waals surface area (Å²) in [5.41, 5.74) is 25.0. The lowest BCUT2D eigenvalue weighted by molar-refractivity contribution is -0.0239. The Hall–Kier alpha value is -9.12. The molecule has 0 N–H and O–H groups in total. The van der Waals surface area contributed by atoms with Crippen molar-refractivity contribution in [1.82, 2.24) is 0 Å². The minimum Gasteiger partial charge on any atom is -0.334 e. The quantitative estimate of drug-likeness (QED) is 0.141. The van der Waals surface area contributed by atoms with Crippen molar-refractivity contribution in [3.63, 3.8) is 0 Å². The highest BCUT2D eigenvalue weighted by molar-refractivity contribution is 6.32. The fourth-order valence-electron chi connectivity index (χ4n) is 31.1. The fourth-order valence-corrected chi connectivity index (χ4v) is 31.1. The number of nitrogens with zero attached hydrogens (tertiary/aromatic N) is 4. The highest BCUT2D eigenvalue weighted by atomic mass is 15.3. The van der Waals surface area contributed by atoms with Gasteiger partial charge in [-0.2, -0.15) is 0 Å². The lowest BCUT2D eigenvalue weighted by Crippen LogP contribution is -2.65. The number of para-hydroxylation sites is 4. The number of benzene rings is 12. The molecule has 0 aromatic heterocycles. The van der Waals surface area contributed by atoms with Crippen molar-refractivity contribution >= 4 is 77.8 Å². The van der Waals surface area contributed by atoms with Crippen LogP contribution in [0.5, 0.6) is 0 Å². The fraction of sp³-hybridized carbons (Fsp3) is 0.429. The Labute approximate surface area is 694 Å². The van der Waals surface area contributed by atoms with E-state index < -0.39 is 0 Å². The van der Waals surface area contributed by atoms with Gasteiger partial charge >= 0.3 is 0 Å². The normalized spacial score (nSPS) is 30.0. The third kappa shape index (κ3) is 9.52. The van der Waals surface area contributed by atoms with Gasteiger partial charge in [-0.1, -0.05) is 260 Å². The van der Waals surface area contributed by atoms with Crippen molar-refractivity contribution in [3.8, 4) is 44.5 Å². The summed E-state index contributed by atoms with van der Waals surface area (Å²) < 4.78 is 0. The molecule has 4 heteroatoms. The third-order valence-corrected chi connectivity index (χ3v) is 35.0. The van der Waals surface area contributed by atoms with Crippen molar-refractivity contribution in [3.05, 3.63) is 253 Å². The molecule has 4 fully saturated rings. The van der Waals surface area contributed by atoms with E-state index >= 15 is 0 Å². The van der Waals surface area contributed by atoms with Crippen LogP contribution in [-0.4, -0.2) is 22.2 Å². The summed E-state index contributed by atoms with van der Waals surface area (Å²) >= 11 is 0. The van der Waals surface area contributed by atoms with E-state index in [9.17, 15) is 0 Å². The molecule has 12 aromatic rings. The van der Waals surface area contributed by atoms with Crippen LogP contribution in [0.15, 0.2) is 231 Å². The first-order chi connectivity index (χ1) is 54.4. The molecule has 8 atom stereocenters. The maximum Gasteiger partial charge on any atom is 0.0528 e. The molecule has 8 aliphatic rings. The van der Waals surface area contributed by atoms with E-state index in [-0.39, 0.29) is 87.1 Å². The molecule has 4 heterocycles. The number of anilines is 8. The largest absolute Gasteiger partial charge is 0.334 e. The third-order valence-electron chi connectivity index (χ3n) is 35.0. The first-order valence-corrected chi connectivity index (χ1v) is 44.2. The Kier molecular flexibility index (Phi) is 15.3. The molecule has 0 amide bonds. The Morgan fingerprint density at radius 2 is 0.388 bits per heavy atom. The van der Waals surface area contributed by atoms with Crippen molar-refractivity contribution in [1.29, 1.82) is 0 Å². The van der Waals surface area contributed by atoms with Gasteiger partial charge in [-0.15, -0.1) is 0 Å². The SMILES string of the molecule is CC1(C)CC(C)(C)C2(C)c3cc(-c4cc(-c5ccc6c(c5)C5(C)C(C)(C)CC(C)(C)CC5(C)N6c5ccccc5)c5ccc6c(-c7ccc8c(c7)C7(C)C(C)(C)CC(C)(C)CC7(C)N8c7ccccc7)cc(-c7ccc8c(c7)C7(C)C(C)(C)CC(C)(C)CC7(C)N8c7ccccc7)c7ccc4c5c76)ccc3N(c3ccccc3)C2(C)C1. The van der Waals surface area contributed by atoms with Crippen LogP contribution in [0.1, 0.15) is 240 Å². The summed E-state index contributed by atoms with van der Waals surface area (Å²) in [7, 11) is 0. The highest BCUT2D eigenvalue weighted by Crippen LogP contribution is 2.76. The van der Waals surface area contributed by atoms with Crippen LogP contribution >= 0.6 is 0 Å². The predicted octanol–water partition coefficient (Wildman–Crippen LogP) is 31.3. The van der Waals surface area contributed by atoms with Crippen molar-refractivity contribution in [2.24, 2.45) is 43.3 Å². The van der Waals surface area contributed by atoms with Crippen LogP contribution < -0.4 is 19.6 Å². The molecular weight excluding hydrogens is 1400 g/mol. The molecule has 0 saturated heterocycles. The number of rotatable bonds is 8. The highest BCUT2D eigenvalue weighted by Gasteiger charge is 2.72. The molecule has 20 rings (SSSR count). The number of hydrogen-bond donors (Lipinski definition) is 0. The summed E-state index contributed by atoms with van der Waals surface area (Å²) in [4.78, 5) is 11.1. The van der Waals surface area contributed by atoms with Gasteiger partial charge in [0, 0.05) is 67.2 Å². The number of hydrogen-bond acceptors (Lipinski definition) is 4. The molecule has 594 valence electrons. The van der Waals surface area contributed by atoms with Crippen LogP contribution in [0.4, 0.5) is 45.5 Å². The molecule has 4 saturated carbocycles. The molecule has 0 spiro atoms. The second-order valence-electron chi connectivity index (χ2n) is 45.8. The summed E-state index contributed by atoms with van der Waals surface area (Å²) in [5.74, 6) is 0. The van der Waals surface area contributed by atoms with Crippen LogP contribution in [-0.2, 0) is 21.7 Å². The monoisotopic (exact) mass is 1530 g/mol. The zero-order valence-electron chi connectivity index (χ0n) is 74.4. The van der Waals surface area contributed by atoms with Crippen molar-refractivity contribution < 1.29 is 0 Å². The van der Waals surface area contributed by atoms with E-state index in [0.717, 1.165) is 51.4 Å². The van der Waals surface area contributed by atoms with Crippen LogP contribution in [0.2, 0.25) is 0 Å². The van der Waals surface area contributed by atoms with Gasteiger partial charge in [0.25, 0.3) is 0 Å². The second-order valence-corrected chi connectivity index (χ2v) is 45.8. The van der Waals surface area contributed by atoms with Gasteiger partial charge in [-0.05, 0) is 331 Å². The average Bonchev–Trinajstić information content (AvgIpc) is 1.51. The minimum atomic E-state index is -0.224.